The molecule has 104 valence electrons. The second-order valence-electron chi connectivity index (χ2n) is 4.60. The molecule has 1 amide bonds. The lowest BCUT2D eigenvalue weighted by molar-refractivity contribution is -0.143. The van der Waals surface area contributed by atoms with Gasteiger partial charge in [-0.3, -0.25) is 9.59 Å². The van der Waals surface area contributed by atoms with Crippen molar-refractivity contribution < 1.29 is 14.3 Å². The molecule has 0 saturated heterocycles. The third-order valence-electron chi connectivity index (χ3n) is 2.92. The molecule has 19 heavy (non-hydrogen) atoms. The highest BCUT2D eigenvalue weighted by molar-refractivity contribution is 5.95. The summed E-state index contributed by atoms with van der Waals surface area (Å²) in [5, 5.41) is 0. The number of carbonyl (C=O) groups excluding carboxylic acids is 2. The topological polar surface area (TPSA) is 46.6 Å². The minimum atomic E-state index is -0.275. The lowest BCUT2D eigenvalue weighted by atomic mass is 10.0. The second kappa shape index (κ2) is 6.92. The van der Waals surface area contributed by atoms with Gasteiger partial charge in [0.1, 0.15) is 0 Å². The number of hydrogen-bond acceptors (Lipinski definition) is 3. The predicted molar refractivity (Wildman–Crippen MR) is 74.1 cm³/mol. The van der Waals surface area contributed by atoms with Crippen molar-refractivity contribution in [2.45, 2.75) is 27.2 Å². The van der Waals surface area contributed by atoms with Gasteiger partial charge in [0.05, 0.1) is 13.0 Å². The van der Waals surface area contributed by atoms with Crippen LogP contribution in [0.15, 0.2) is 18.2 Å². The normalized spacial score (nSPS) is 10.1. The molecule has 0 fully saturated rings. The molecule has 0 aliphatic carbocycles. The minimum absolute atomic E-state index is 0.0678. The first-order valence-electron chi connectivity index (χ1n) is 6.44. The summed E-state index contributed by atoms with van der Waals surface area (Å²) in [5.41, 5.74) is 2.76. The maximum absolute atomic E-state index is 12.2. The summed E-state index contributed by atoms with van der Waals surface area (Å²) in [6.45, 7) is 6.41. The van der Waals surface area contributed by atoms with Crippen LogP contribution in [0.5, 0.6) is 0 Å². The highest BCUT2D eigenvalue weighted by Gasteiger charge is 2.15. The Labute approximate surface area is 114 Å². The summed E-state index contributed by atoms with van der Waals surface area (Å²) < 4.78 is 4.84. The summed E-state index contributed by atoms with van der Waals surface area (Å²) in [4.78, 5) is 25.0. The third-order valence-corrected chi connectivity index (χ3v) is 2.92. The van der Waals surface area contributed by atoms with Gasteiger partial charge in [0, 0.05) is 19.2 Å². The van der Waals surface area contributed by atoms with Crippen LogP contribution < -0.4 is 0 Å². The maximum atomic E-state index is 12.2. The molecule has 1 rings (SSSR count). The molecule has 0 aromatic heterocycles. The molecule has 0 spiro atoms. The highest BCUT2D eigenvalue weighted by atomic mass is 16.5. The number of nitrogens with zero attached hydrogens (tertiary/aromatic N) is 1. The Bertz CT molecular complexity index is 468. The van der Waals surface area contributed by atoms with Crippen molar-refractivity contribution in [3.63, 3.8) is 0 Å². The van der Waals surface area contributed by atoms with Crippen molar-refractivity contribution in [1.29, 1.82) is 0 Å². The molecule has 0 aliphatic rings. The van der Waals surface area contributed by atoms with E-state index in [4.69, 9.17) is 4.74 Å². The molecule has 0 radical (unpaired) electrons. The van der Waals surface area contributed by atoms with Gasteiger partial charge in [-0.05, 0) is 32.4 Å². The molecule has 4 nitrogen and oxygen atoms in total. The average molecular weight is 263 g/mol. The highest BCUT2D eigenvalue weighted by Crippen LogP contribution is 2.12. The molecule has 4 heteroatoms. The first-order valence-corrected chi connectivity index (χ1v) is 6.44. The SMILES string of the molecule is CCOC(=O)CCN(C)C(=O)c1ccc(C)cc1C. The lowest BCUT2D eigenvalue weighted by Crippen LogP contribution is -2.30. The zero-order valence-electron chi connectivity index (χ0n) is 12.0. The van der Waals surface area contributed by atoms with Crippen molar-refractivity contribution in [2.75, 3.05) is 20.2 Å². The molecular weight excluding hydrogens is 242 g/mol. The summed E-state index contributed by atoms with van der Waals surface area (Å²) in [6, 6.07) is 5.72. The van der Waals surface area contributed by atoms with Crippen molar-refractivity contribution in [3.05, 3.63) is 34.9 Å². The Balaban J connectivity index is 2.64. The number of esters is 1. The van der Waals surface area contributed by atoms with Crippen molar-refractivity contribution in [1.82, 2.24) is 4.90 Å². The van der Waals surface area contributed by atoms with Gasteiger partial charge in [-0.1, -0.05) is 17.7 Å². The molecule has 1 aromatic rings. The van der Waals surface area contributed by atoms with Gasteiger partial charge in [0.25, 0.3) is 5.91 Å². The Morgan fingerprint density at radius 2 is 1.95 bits per heavy atom. The van der Waals surface area contributed by atoms with Crippen LogP contribution in [0, 0.1) is 13.8 Å². The molecule has 0 saturated carbocycles. The molecule has 0 N–H and O–H groups in total. The first kappa shape index (κ1) is 15.2. The summed E-state index contributed by atoms with van der Waals surface area (Å²) in [6.07, 6.45) is 0.223. The fourth-order valence-corrected chi connectivity index (χ4v) is 1.85. The van der Waals surface area contributed by atoms with Gasteiger partial charge >= 0.3 is 5.97 Å². The second-order valence-corrected chi connectivity index (χ2v) is 4.60. The van der Waals surface area contributed by atoms with E-state index in [9.17, 15) is 9.59 Å². The Morgan fingerprint density at radius 1 is 1.26 bits per heavy atom. The van der Waals surface area contributed by atoms with Crippen LogP contribution in [0.1, 0.15) is 34.8 Å². The number of carbonyl (C=O) groups is 2. The van der Waals surface area contributed by atoms with Crippen LogP contribution in [0.25, 0.3) is 0 Å². The van der Waals surface area contributed by atoms with E-state index in [1.807, 2.05) is 32.0 Å². The van der Waals surface area contributed by atoms with Crippen LogP contribution in [0.4, 0.5) is 0 Å². The smallest absolute Gasteiger partial charge is 0.307 e. The summed E-state index contributed by atoms with van der Waals surface area (Å²) in [7, 11) is 1.70. The third kappa shape index (κ3) is 4.39. The Morgan fingerprint density at radius 3 is 2.53 bits per heavy atom. The van der Waals surface area contributed by atoms with Gasteiger partial charge < -0.3 is 9.64 Å². The number of amides is 1. The van der Waals surface area contributed by atoms with Crippen LogP contribution >= 0.6 is 0 Å². The van der Waals surface area contributed by atoms with Crippen LogP contribution in [-0.4, -0.2) is 37.0 Å². The van der Waals surface area contributed by atoms with Gasteiger partial charge in [-0.15, -0.1) is 0 Å². The number of benzene rings is 1. The summed E-state index contributed by atoms with van der Waals surface area (Å²) >= 11 is 0. The van der Waals surface area contributed by atoms with Crippen LogP contribution in [-0.2, 0) is 9.53 Å². The Kier molecular flexibility index (Phi) is 5.55. The number of hydrogen-bond donors (Lipinski definition) is 0. The van der Waals surface area contributed by atoms with Crippen LogP contribution in [0.2, 0.25) is 0 Å². The molecular formula is C15H21NO3. The van der Waals surface area contributed by atoms with Crippen molar-refractivity contribution in [3.8, 4) is 0 Å². The van der Waals surface area contributed by atoms with E-state index < -0.39 is 0 Å². The molecule has 0 unspecified atom stereocenters. The number of ether oxygens (including phenoxy) is 1. The lowest BCUT2D eigenvalue weighted by Gasteiger charge is -2.18. The van der Waals surface area contributed by atoms with Gasteiger partial charge in [-0.25, -0.2) is 0 Å². The van der Waals surface area contributed by atoms with Gasteiger partial charge in [0.15, 0.2) is 0 Å². The monoisotopic (exact) mass is 263 g/mol. The Hall–Kier alpha value is -1.84. The van der Waals surface area contributed by atoms with E-state index in [1.54, 1.807) is 18.9 Å². The van der Waals surface area contributed by atoms with E-state index in [-0.39, 0.29) is 18.3 Å². The van der Waals surface area contributed by atoms with Gasteiger partial charge in [-0.2, -0.15) is 0 Å². The average Bonchev–Trinajstić information content (AvgIpc) is 2.35. The quantitative estimate of drug-likeness (QED) is 0.766. The maximum Gasteiger partial charge on any atom is 0.307 e. The number of aryl methyl sites for hydroxylation is 2. The van der Waals surface area contributed by atoms with E-state index in [1.165, 1.54) is 0 Å². The van der Waals surface area contributed by atoms with E-state index in [2.05, 4.69) is 0 Å². The van der Waals surface area contributed by atoms with Crippen LogP contribution in [0.3, 0.4) is 0 Å². The molecule has 0 heterocycles. The first-order chi connectivity index (χ1) is 8.95. The molecule has 0 aliphatic heterocycles. The van der Waals surface area contributed by atoms with Crippen molar-refractivity contribution in [2.24, 2.45) is 0 Å². The minimum Gasteiger partial charge on any atom is -0.466 e. The standard InChI is InChI=1S/C15H21NO3/c1-5-19-14(17)8-9-16(4)15(18)13-7-6-11(2)10-12(13)3/h6-7,10H,5,8-9H2,1-4H3. The predicted octanol–water partition coefficient (Wildman–Crippen LogP) is 2.33. The van der Waals surface area contributed by atoms with E-state index in [0.717, 1.165) is 11.1 Å². The van der Waals surface area contributed by atoms with E-state index >= 15 is 0 Å². The zero-order valence-corrected chi connectivity index (χ0v) is 12.0. The zero-order chi connectivity index (χ0) is 14.4. The molecule has 0 atom stereocenters. The number of rotatable bonds is 5. The van der Waals surface area contributed by atoms with Crippen molar-refractivity contribution >= 4 is 11.9 Å². The fraction of sp³-hybridized carbons (Fsp3) is 0.467. The van der Waals surface area contributed by atoms with Gasteiger partial charge in [0.2, 0.25) is 0 Å². The largest absolute Gasteiger partial charge is 0.466 e. The summed E-state index contributed by atoms with van der Waals surface area (Å²) in [5.74, 6) is -0.343. The molecule has 1 aromatic carbocycles. The van der Waals surface area contributed by atoms with E-state index in [0.29, 0.717) is 18.7 Å². The molecule has 0 bridgehead atoms. The fourth-order valence-electron chi connectivity index (χ4n) is 1.85.